The number of halogens is 2. The molecule has 2 aromatic rings. The third-order valence-electron chi connectivity index (χ3n) is 3.93. The molecule has 0 aromatic heterocycles. The molecule has 0 radical (unpaired) electrons. The van der Waals surface area contributed by atoms with E-state index in [1.165, 1.54) is 32.4 Å². The average Bonchev–Trinajstić information content (AvgIpc) is 2.72. The Hall–Kier alpha value is -2.64. The van der Waals surface area contributed by atoms with Crippen LogP contribution in [0.15, 0.2) is 29.8 Å². The fourth-order valence-corrected chi connectivity index (χ4v) is 3.67. The van der Waals surface area contributed by atoms with Crippen molar-refractivity contribution in [3.63, 3.8) is 0 Å². The van der Waals surface area contributed by atoms with Crippen molar-refractivity contribution in [2.24, 2.45) is 0 Å². The highest BCUT2D eigenvalue weighted by Crippen LogP contribution is 2.37. The Balaban J connectivity index is 2.40. The molecule has 1 amide bonds. The van der Waals surface area contributed by atoms with E-state index in [1.807, 2.05) is 13.0 Å². The molecular formula is C21H20ClIN2O5. The second-order valence-electron chi connectivity index (χ2n) is 5.78. The lowest BCUT2D eigenvalue weighted by molar-refractivity contribution is -0.112. The van der Waals surface area contributed by atoms with Crippen molar-refractivity contribution in [3.05, 3.63) is 44.0 Å². The summed E-state index contributed by atoms with van der Waals surface area (Å²) >= 11 is 8.20. The van der Waals surface area contributed by atoms with Gasteiger partial charge < -0.3 is 24.3 Å². The van der Waals surface area contributed by atoms with Crippen LogP contribution >= 0.6 is 34.2 Å². The lowest BCUT2D eigenvalue weighted by atomic mass is 10.1. The van der Waals surface area contributed by atoms with Gasteiger partial charge in [0.2, 0.25) is 0 Å². The molecule has 0 aliphatic heterocycles. The molecule has 0 saturated carbocycles. The zero-order chi connectivity index (χ0) is 22.3. The van der Waals surface area contributed by atoms with E-state index in [0.717, 1.165) is 3.57 Å². The van der Waals surface area contributed by atoms with E-state index in [4.69, 9.17) is 30.5 Å². The van der Waals surface area contributed by atoms with Gasteiger partial charge in [0.15, 0.2) is 11.5 Å². The molecule has 2 rings (SSSR count). The molecule has 0 aliphatic carbocycles. The molecule has 0 spiro atoms. The molecular weight excluding hydrogens is 523 g/mol. The Morgan fingerprint density at radius 1 is 1.13 bits per heavy atom. The number of carbonyl (C=O) groups excluding carboxylic acids is 1. The van der Waals surface area contributed by atoms with Gasteiger partial charge in [0.05, 0.1) is 42.2 Å². The summed E-state index contributed by atoms with van der Waals surface area (Å²) in [5, 5.41) is 12.5. The molecule has 0 saturated heterocycles. The summed E-state index contributed by atoms with van der Waals surface area (Å²) < 4.78 is 22.2. The number of nitriles is 1. The van der Waals surface area contributed by atoms with Crippen molar-refractivity contribution in [3.8, 4) is 29.1 Å². The van der Waals surface area contributed by atoms with E-state index in [1.54, 1.807) is 19.2 Å². The van der Waals surface area contributed by atoms with Crippen molar-refractivity contribution >= 4 is 51.9 Å². The summed E-state index contributed by atoms with van der Waals surface area (Å²) in [5.74, 6) is 1.21. The summed E-state index contributed by atoms with van der Waals surface area (Å²) in [4.78, 5) is 12.7. The molecule has 2 aromatic carbocycles. The summed E-state index contributed by atoms with van der Waals surface area (Å²) in [6, 6.07) is 8.47. The molecule has 0 aliphatic rings. The Labute approximate surface area is 193 Å². The van der Waals surface area contributed by atoms with Crippen LogP contribution < -0.4 is 24.3 Å². The van der Waals surface area contributed by atoms with E-state index in [2.05, 4.69) is 27.9 Å². The number of ether oxygens (including phenoxy) is 4. The standard InChI is InChI=1S/C21H20ClIN2O5/c1-5-30-19-8-12(7-15(23)20(19)29-4)6-13(11-24)21(26)25-16-10-17(27-2)14(22)9-18(16)28-3/h6-10H,5H2,1-4H3,(H,25,26)/b13-6+. The van der Waals surface area contributed by atoms with Crippen LogP contribution in [0.2, 0.25) is 5.02 Å². The first-order valence-corrected chi connectivity index (χ1v) is 10.2. The Morgan fingerprint density at radius 2 is 1.83 bits per heavy atom. The van der Waals surface area contributed by atoms with Crippen LogP contribution in [0.5, 0.6) is 23.0 Å². The summed E-state index contributed by atoms with van der Waals surface area (Å²) in [7, 11) is 4.46. The third-order valence-corrected chi connectivity index (χ3v) is 5.03. The number of methoxy groups -OCH3 is 3. The number of benzene rings is 2. The largest absolute Gasteiger partial charge is 0.495 e. The van der Waals surface area contributed by atoms with Crippen LogP contribution in [0.1, 0.15) is 12.5 Å². The molecule has 1 N–H and O–H groups in total. The number of hydrogen-bond acceptors (Lipinski definition) is 6. The molecule has 7 nitrogen and oxygen atoms in total. The van der Waals surface area contributed by atoms with Crippen LogP contribution in [0, 0.1) is 14.9 Å². The third kappa shape index (κ3) is 5.49. The van der Waals surface area contributed by atoms with Gasteiger partial charge in [0.25, 0.3) is 5.91 Å². The van der Waals surface area contributed by atoms with Gasteiger partial charge in [-0.25, -0.2) is 0 Å². The SMILES string of the molecule is CCOc1cc(/C=C(\C#N)C(=O)Nc2cc(OC)c(Cl)cc2OC)cc(I)c1OC. The van der Waals surface area contributed by atoms with Gasteiger partial charge in [0, 0.05) is 12.1 Å². The number of nitrogens with one attached hydrogen (secondary N) is 1. The van der Waals surface area contributed by atoms with Gasteiger partial charge in [-0.15, -0.1) is 0 Å². The van der Waals surface area contributed by atoms with E-state index < -0.39 is 5.91 Å². The van der Waals surface area contributed by atoms with Gasteiger partial charge in [-0.1, -0.05) is 11.6 Å². The minimum Gasteiger partial charge on any atom is -0.495 e. The monoisotopic (exact) mass is 542 g/mol. The Bertz CT molecular complexity index is 1020. The Kier molecular flexibility index (Phi) is 8.62. The lowest BCUT2D eigenvalue weighted by Crippen LogP contribution is -2.14. The summed E-state index contributed by atoms with van der Waals surface area (Å²) in [6.07, 6.45) is 1.47. The molecule has 0 fully saturated rings. The maximum Gasteiger partial charge on any atom is 0.266 e. The van der Waals surface area contributed by atoms with E-state index in [0.29, 0.717) is 45.9 Å². The van der Waals surface area contributed by atoms with Gasteiger partial charge in [-0.05, 0) is 53.3 Å². The fraction of sp³-hybridized carbons (Fsp3) is 0.238. The van der Waals surface area contributed by atoms with Crippen LogP contribution in [0.4, 0.5) is 5.69 Å². The van der Waals surface area contributed by atoms with Crippen molar-refractivity contribution in [1.29, 1.82) is 5.26 Å². The first-order chi connectivity index (χ1) is 14.4. The number of nitrogens with zero attached hydrogens (tertiary/aromatic N) is 1. The minimum absolute atomic E-state index is 0.102. The van der Waals surface area contributed by atoms with E-state index >= 15 is 0 Å². The Morgan fingerprint density at radius 3 is 2.40 bits per heavy atom. The van der Waals surface area contributed by atoms with Crippen LogP contribution in [0.25, 0.3) is 6.08 Å². The number of amides is 1. The van der Waals surface area contributed by atoms with E-state index in [9.17, 15) is 10.1 Å². The summed E-state index contributed by atoms with van der Waals surface area (Å²) in [6.45, 7) is 2.31. The average molecular weight is 543 g/mol. The highest BCUT2D eigenvalue weighted by Gasteiger charge is 2.17. The second kappa shape index (κ2) is 10.9. The van der Waals surface area contributed by atoms with E-state index in [-0.39, 0.29) is 5.57 Å². The maximum absolute atomic E-state index is 12.7. The van der Waals surface area contributed by atoms with Crippen LogP contribution in [-0.2, 0) is 4.79 Å². The van der Waals surface area contributed by atoms with Crippen LogP contribution in [0.3, 0.4) is 0 Å². The molecule has 9 heteroatoms. The highest BCUT2D eigenvalue weighted by atomic mass is 127. The quantitative estimate of drug-likeness (QED) is 0.290. The first-order valence-electron chi connectivity index (χ1n) is 8.73. The predicted molar refractivity (Wildman–Crippen MR) is 124 cm³/mol. The van der Waals surface area contributed by atoms with Crippen molar-refractivity contribution < 1.29 is 23.7 Å². The van der Waals surface area contributed by atoms with Gasteiger partial charge >= 0.3 is 0 Å². The van der Waals surface area contributed by atoms with Crippen LogP contribution in [-0.4, -0.2) is 33.8 Å². The summed E-state index contributed by atoms with van der Waals surface area (Å²) in [5.41, 5.74) is 0.842. The van der Waals surface area contributed by atoms with Crippen molar-refractivity contribution in [1.82, 2.24) is 0 Å². The predicted octanol–water partition coefficient (Wildman–Crippen LogP) is 4.91. The normalized spacial score (nSPS) is 10.8. The highest BCUT2D eigenvalue weighted by molar-refractivity contribution is 14.1. The molecule has 30 heavy (non-hydrogen) atoms. The number of rotatable bonds is 8. The zero-order valence-corrected chi connectivity index (χ0v) is 19.8. The van der Waals surface area contributed by atoms with Gasteiger partial charge in [0.1, 0.15) is 23.1 Å². The molecule has 0 unspecified atom stereocenters. The number of carbonyl (C=O) groups is 1. The molecule has 158 valence electrons. The first kappa shape index (κ1) is 23.6. The minimum atomic E-state index is -0.607. The lowest BCUT2D eigenvalue weighted by Gasteiger charge is -2.13. The molecule has 0 heterocycles. The smallest absolute Gasteiger partial charge is 0.266 e. The zero-order valence-electron chi connectivity index (χ0n) is 16.8. The maximum atomic E-state index is 12.7. The van der Waals surface area contributed by atoms with Crippen molar-refractivity contribution in [2.45, 2.75) is 6.92 Å². The van der Waals surface area contributed by atoms with Gasteiger partial charge in [-0.2, -0.15) is 5.26 Å². The number of hydrogen-bond donors (Lipinski definition) is 1. The topological polar surface area (TPSA) is 89.8 Å². The van der Waals surface area contributed by atoms with Gasteiger partial charge in [-0.3, -0.25) is 4.79 Å². The molecule has 0 bridgehead atoms. The fourth-order valence-electron chi connectivity index (χ4n) is 2.60. The molecule has 0 atom stereocenters. The second-order valence-corrected chi connectivity index (χ2v) is 7.35. The number of anilines is 1. The van der Waals surface area contributed by atoms with Crippen molar-refractivity contribution in [2.75, 3.05) is 33.3 Å².